The lowest BCUT2D eigenvalue weighted by atomic mass is 9.52. The zero-order chi connectivity index (χ0) is 84.9. The van der Waals surface area contributed by atoms with Crippen molar-refractivity contribution < 1.29 is 25.5 Å². The van der Waals surface area contributed by atoms with Crippen molar-refractivity contribution in [1.29, 1.82) is 0 Å². The van der Waals surface area contributed by atoms with Gasteiger partial charge in [0.1, 0.15) is 0 Å². The van der Waals surface area contributed by atoms with Crippen LogP contribution in [0.1, 0.15) is 608 Å². The zero-order valence-corrected chi connectivity index (χ0v) is 82.1. The maximum atomic E-state index is 9.11. The Balaban J connectivity index is 0.000000879. The first-order valence-corrected chi connectivity index (χ1v) is 55.8. The molecule has 3 rings (SSSR count). The summed E-state index contributed by atoms with van der Waals surface area (Å²) in [5, 5.41) is 45.3. The van der Waals surface area contributed by atoms with E-state index < -0.39 is 0 Å². The molecule has 13 unspecified atom stereocenters. The minimum absolute atomic E-state index is 0.363. The summed E-state index contributed by atoms with van der Waals surface area (Å²) in [5.74, 6) is 13.0. The van der Waals surface area contributed by atoms with Crippen LogP contribution >= 0.6 is 0 Å². The van der Waals surface area contributed by atoms with Gasteiger partial charge in [-0.2, -0.15) is 0 Å². The zero-order valence-electron chi connectivity index (χ0n) is 82.1. The molecule has 0 bridgehead atoms. The Bertz CT molecular complexity index is 1750. The van der Waals surface area contributed by atoms with Crippen LogP contribution in [0.15, 0.2) is 0 Å². The summed E-state index contributed by atoms with van der Waals surface area (Å²) in [4.78, 5) is 0. The Labute approximate surface area is 738 Å². The number of aliphatic hydroxyl groups is 5. The molecule has 0 radical (unpaired) electrons. The fourth-order valence-electron chi connectivity index (χ4n) is 23.5. The summed E-state index contributed by atoms with van der Waals surface area (Å²) in [5.41, 5.74) is 0. The van der Waals surface area contributed by atoms with Crippen molar-refractivity contribution >= 4 is 0 Å². The van der Waals surface area contributed by atoms with Crippen LogP contribution in [-0.2, 0) is 0 Å². The Morgan fingerprint density at radius 2 is 0.385 bits per heavy atom. The summed E-state index contributed by atoms with van der Waals surface area (Å²) in [7, 11) is 0. The van der Waals surface area contributed by atoms with E-state index in [1.807, 2.05) is 0 Å². The van der Waals surface area contributed by atoms with Crippen LogP contribution in [-0.4, -0.2) is 58.6 Å². The van der Waals surface area contributed by atoms with Crippen LogP contribution in [0.3, 0.4) is 0 Å². The van der Waals surface area contributed by atoms with Gasteiger partial charge < -0.3 is 25.5 Å². The number of unbranched alkanes of at least 4 members (excludes halogenated alkanes) is 57. The van der Waals surface area contributed by atoms with Crippen LogP contribution < -0.4 is 0 Å². The maximum Gasteiger partial charge on any atom is 0.0431 e. The molecule has 0 amide bonds. The number of hydrogen-bond acceptors (Lipinski definition) is 5. The highest BCUT2D eigenvalue weighted by Crippen LogP contribution is 2.56. The molecular weight excluding hydrogens is 1430 g/mol. The molecule has 0 aliphatic heterocycles. The minimum atomic E-state index is 0.363. The SMILES string of the molecule is CCCCCCCCC1C(CCCCCC)CCC(CCCCCCCCO)C1CCCCCCCCO.CCCCCCCCCC(CCCCCCCCO)C(CCCCCCCCC)CCCCCCCCO.CCCCCCCCCC1C(CCCCCCCCO)C(C)CC2CC(CCCCCC)C(CCCCCC)CC21. The monoisotopic (exact) mass is 1650 g/mol. The molecule has 0 aromatic carbocycles. The molecule has 117 heavy (non-hydrogen) atoms. The van der Waals surface area contributed by atoms with Crippen LogP contribution in [0.4, 0.5) is 0 Å². The van der Waals surface area contributed by atoms with Gasteiger partial charge in [-0.1, -0.05) is 518 Å². The molecule has 3 aliphatic rings. The summed E-state index contributed by atoms with van der Waals surface area (Å²) in [6, 6.07) is 0. The molecule has 5 nitrogen and oxygen atoms in total. The third kappa shape index (κ3) is 65.9. The second-order valence-corrected chi connectivity index (χ2v) is 40.9. The lowest BCUT2D eigenvalue weighted by molar-refractivity contribution is -0.0344. The molecule has 702 valence electrons. The van der Waals surface area contributed by atoms with Crippen LogP contribution in [0.2, 0.25) is 0 Å². The lowest BCUT2D eigenvalue weighted by Gasteiger charge is -2.53. The highest BCUT2D eigenvalue weighted by Gasteiger charge is 2.47. The number of aliphatic hydroxyl groups excluding tert-OH is 5. The minimum Gasteiger partial charge on any atom is -0.396 e. The second kappa shape index (κ2) is 90.6. The summed E-state index contributed by atoms with van der Waals surface area (Å²) < 4.78 is 0. The third-order valence-electron chi connectivity index (χ3n) is 30.8. The lowest BCUT2D eigenvalue weighted by Crippen LogP contribution is -2.45. The standard InChI is InChI=1S/C40H78O.C36H72O2.C36H74O2/c1-5-8-11-14-15-19-24-29-39-38(28-23-18-16-17-20-25-30-41)34(4)31-37-32-35(26-21-12-9-6-2)36(33-40(37)39)27-22-13-10-7-3;1-3-5-7-9-15-21-27-35-33(25-19-8-6-4-2)29-30-34(26-20-14-10-12-17-23-31-37)36(35)28-22-16-11-13-18-24-32-38;1-3-5-7-9-11-17-23-29-35(31-25-19-13-15-21-27-33-37)36(30-24-18-12-10-8-6-4-2)32-26-20-14-16-22-28-34-38/h34-41H,5-33H2,1-4H3;33-38H,3-32H2,1-2H3;35-38H,3-34H2,1-2H3. The number of hydrogen-bond donors (Lipinski definition) is 5. The number of rotatable bonds is 87. The molecule has 0 aromatic heterocycles. The van der Waals surface area contributed by atoms with Crippen LogP contribution in [0.25, 0.3) is 0 Å². The summed E-state index contributed by atoms with van der Waals surface area (Å²) >= 11 is 0. The first kappa shape index (κ1) is 115. The molecule has 0 aromatic rings. The van der Waals surface area contributed by atoms with Gasteiger partial charge in [0.15, 0.2) is 0 Å². The molecule has 0 heterocycles. The van der Waals surface area contributed by atoms with Crippen LogP contribution in [0, 0.1) is 76.9 Å². The molecule has 13 atom stereocenters. The van der Waals surface area contributed by atoms with Crippen molar-refractivity contribution in [2.24, 2.45) is 76.9 Å². The van der Waals surface area contributed by atoms with Crippen molar-refractivity contribution in [3.8, 4) is 0 Å². The Hall–Kier alpha value is -0.200. The average Bonchev–Trinajstić information content (AvgIpc) is 0.773. The average molecular weight is 1650 g/mol. The molecule has 0 spiro atoms. The van der Waals surface area contributed by atoms with Crippen molar-refractivity contribution in [1.82, 2.24) is 0 Å². The highest BCUT2D eigenvalue weighted by atomic mass is 16.3. The van der Waals surface area contributed by atoms with E-state index in [0.717, 1.165) is 109 Å². The van der Waals surface area contributed by atoms with Crippen molar-refractivity contribution in [2.45, 2.75) is 608 Å². The second-order valence-electron chi connectivity index (χ2n) is 40.9. The van der Waals surface area contributed by atoms with Gasteiger partial charge in [0, 0.05) is 33.0 Å². The van der Waals surface area contributed by atoms with Gasteiger partial charge in [-0.25, -0.2) is 0 Å². The Morgan fingerprint density at radius 3 is 0.650 bits per heavy atom. The summed E-state index contributed by atoms with van der Waals surface area (Å²) in [6.07, 6.45) is 121. The first-order valence-electron chi connectivity index (χ1n) is 55.8. The van der Waals surface area contributed by atoms with E-state index in [-0.39, 0.29) is 0 Å². The van der Waals surface area contributed by atoms with Gasteiger partial charge in [-0.3, -0.25) is 0 Å². The van der Waals surface area contributed by atoms with Gasteiger partial charge in [0.2, 0.25) is 0 Å². The Morgan fingerprint density at radius 1 is 0.188 bits per heavy atom. The molecule has 3 fully saturated rings. The van der Waals surface area contributed by atoms with Gasteiger partial charge in [0.25, 0.3) is 0 Å². The van der Waals surface area contributed by atoms with Gasteiger partial charge in [-0.15, -0.1) is 0 Å². The molecule has 3 saturated carbocycles. The van der Waals surface area contributed by atoms with E-state index in [1.165, 1.54) is 488 Å². The van der Waals surface area contributed by atoms with E-state index in [9.17, 15) is 0 Å². The number of fused-ring (bicyclic) bond motifs is 1. The third-order valence-corrected chi connectivity index (χ3v) is 30.8. The van der Waals surface area contributed by atoms with E-state index in [4.69, 9.17) is 25.5 Å². The normalized spacial score (nSPS) is 21.3. The van der Waals surface area contributed by atoms with E-state index in [2.05, 4.69) is 55.4 Å². The highest BCUT2D eigenvalue weighted by molar-refractivity contribution is 4.97. The summed E-state index contributed by atoms with van der Waals surface area (Å²) in [6.45, 7) is 20.9. The Kier molecular flexibility index (Phi) is 88.9. The topological polar surface area (TPSA) is 101 Å². The predicted molar refractivity (Wildman–Crippen MR) is 523 cm³/mol. The van der Waals surface area contributed by atoms with Gasteiger partial charge in [-0.05, 0) is 167 Å². The van der Waals surface area contributed by atoms with Gasteiger partial charge >= 0.3 is 0 Å². The van der Waals surface area contributed by atoms with Crippen molar-refractivity contribution in [2.75, 3.05) is 33.0 Å². The molecule has 5 N–H and O–H groups in total. The fourth-order valence-corrected chi connectivity index (χ4v) is 23.5. The first-order chi connectivity index (χ1) is 57.7. The molecule has 5 heteroatoms. The van der Waals surface area contributed by atoms with Crippen molar-refractivity contribution in [3.05, 3.63) is 0 Å². The van der Waals surface area contributed by atoms with E-state index >= 15 is 0 Å². The molecule has 0 saturated heterocycles. The smallest absolute Gasteiger partial charge is 0.0431 e. The predicted octanol–water partition coefficient (Wildman–Crippen LogP) is 36.7. The molecular formula is C112H224O5. The maximum absolute atomic E-state index is 9.11. The fraction of sp³-hybridized carbons (Fsp3) is 1.00. The van der Waals surface area contributed by atoms with Crippen LogP contribution in [0.5, 0.6) is 0 Å². The quantitative estimate of drug-likeness (QED) is 0.0391. The van der Waals surface area contributed by atoms with Crippen molar-refractivity contribution in [3.63, 3.8) is 0 Å². The molecule has 3 aliphatic carbocycles. The van der Waals surface area contributed by atoms with E-state index in [1.54, 1.807) is 32.1 Å². The van der Waals surface area contributed by atoms with Gasteiger partial charge in [0.05, 0.1) is 0 Å². The van der Waals surface area contributed by atoms with E-state index in [0.29, 0.717) is 33.0 Å². The largest absolute Gasteiger partial charge is 0.396 e.